The molecule has 0 aliphatic carbocycles. The lowest BCUT2D eigenvalue weighted by molar-refractivity contribution is 1.77. The molecule has 0 saturated carbocycles. The minimum Gasteiger partial charge on any atom is -0.155 e. The summed E-state index contributed by atoms with van der Waals surface area (Å²) in [5.41, 5.74) is 0. The molecule has 0 aromatic heterocycles. The van der Waals surface area contributed by atoms with Gasteiger partial charge in [-0.05, 0) is 12.5 Å². The largest absolute Gasteiger partial charge is 0.155 e. The highest BCUT2D eigenvalue weighted by molar-refractivity contribution is 8.18. The Balaban J connectivity index is 3.35. The molecule has 0 saturated heterocycles. The molecule has 0 nitrogen and oxygen atoms in total. The quantitative estimate of drug-likeness (QED) is 0.465. The van der Waals surface area contributed by atoms with E-state index >= 15 is 0 Å². The summed E-state index contributed by atoms with van der Waals surface area (Å²) in [5.74, 6) is 0. The average molecular weight is 166 g/mol. The van der Waals surface area contributed by atoms with Crippen molar-refractivity contribution in [1.82, 2.24) is 0 Å². The van der Waals surface area contributed by atoms with Crippen molar-refractivity contribution in [3.05, 3.63) is 0 Å². The van der Waals surface area contributed by atoms with E-state index in [1.165, 1.54) is 0 Å². The van der Waals surface area contributed by atoms with Crippen LogP contribution in [0.5, 0.6) is 0 Å². The maximum absolute atomic E-state index is 2.40. The highest BCUT2D eigenvalue weighted by Gasteiger charge is 2.09. The summed E-state index contributed by atoms with van der Waals surface area (Å²) >= 11 is 4.01. The van der Waals surface area contributed by atoms with E-state index in [9.17, 15) is 0 Å². The summed E-state index contributed by atoms with van der Waals surface area (Å²) in [6.07, 6.45) is 4.41. The second-order valence-corrected chi connectivity index (χ2v) is 8.46. The van der Waals surface area contributed by atoms with Crippen LogP contribution in [0.3, 0.4) is 0 Å². The molecule has 0 atom stereocenters. The van der Waals surface area contributed by atoms with Gasteiger partial charge in [-0.25, -0.2) is 0 Å². The van der Waals surface area contributed by atoms with E-state index in [-0.39, 0.29) is 8.80 Å². The molecule has 0 heterocycles. The Hall–Kier alpha value is 0.917. The molecule has 0 unspecified atom stereocenters. The molecule has 0 amide bonds. The summed E-state index contributed by atoms with van der Waals surface area (Å²) in [6.45, 7) is 4.80. The maximum atomic E-state index is 2.40. The van der Waals surface area contributed by atoms with Crippen LogP contribution >= 0.6 is 23.5 Å². The molecule has 0 aliphatic heterocycles. The van der Waals surface area contributed by atoms with Crippen LogP contribution in [0.2, 0.25) is 13.1 Å². The zero-order valence-electron chi connectivity index (χ0n) is 5.97. The fourth-order valence-electron chi connectivity index (χ4n) is 0.641. The zero-order valence-corrected chi connectivity index (χ0v) is 8.76. The Labute approximate surface area is 62.4 Å². The smallest absolute Gasteiger partial charge is 0.0583 e. The number of hydrogen-bond acceptors (Lipinski definition) is 2. The van der Waals surface area contributed by atoms with Crippen LogP contribution in [-0.4, -0.2) is 25.5 Å². The highest BCUT2D eigenvalue weighted by Crippen LogP contribution is 2.20. The lowest BCUT2D eigenvalue weighted by atomic mass is 11.8. The monoisotopic (exact) mass is 166 g/mol. The van der Waals surface area contributed by atoms with E-state index in [4.69, 9.17) is 0 Å². The van der Waals surface area contributed by atoms with E-state index in [1.54, 1.807) is 0 Å². The first-order valence-electron chi connectivity index (χ1n) is 2.78. The molecule has 0 rings (SSSR count). The van der Waals surface area contributed by atoms with Gasteiger partial charge < -0.3 is 0 Å². The molecular formula is C5H14S2Si. The molecule has 0 bridgehead atoms. The van der Waals surface area contributed by atoms with E-state index in [0.717, 1.165) is 4.21 Å². The van der Waals surface area contributed by atoms with Gasteiger partial charge in [0.1, 0.15) is 0 Å². The Morgan fingerprint density at radius 2 is 1.50 bits per heavy atom. The van der Waals surface area contributed by atoms with Gasteiger partial charge in [-0.15, -0.1) is 0 Å². The summed E-state index contributed by atoms with van der Waals surface area (Å²) in [4.78, 5) is 0. The first kappa shape index (κ1) is 8.92. The fourth-order valence-corrected chi connectivity index (χ4v) is 5.77. The third-order valence-corrected chi connectivity index (χ3v) is 9.08. The second kappa shape index (κ2) is 4.76. The molecule has 3 heteroatoms. The Kier molecular flexibility index (Phi) is 5.31. The predicted octanol–water partition coefficient (Wildman–Crippen LogP) is 2.06. The first-order valence-corrected chi connectivity index (χ1v) is 8.33. The van der Waals surface area contributed by atoms with E-state index in [0.29, 0.717) is 0 Å². The SMILES string of the molecule is CSC(SC)[SiH](C)C. The lowest BCUT2D eigenvalue weighted by Crippen LogP contribution is -2.15. The van der Waals surface area contributed by atoms with Crippen molar-refractivity contribution >= 4 is 32.3 Å². The lowest BCUT2D eigenvalue weighted by Gasteiger charge is -2.12. The van der Waals surface area contributed by atoms with Gasteiger partial charge in [-0.3, -0.25) is 0 Å². The van der Waals surface area contributed by atoms with Gasteiger partial charge >= 0.3 is 0 Å². The van der Waals surface area contributed by atoms with Gasteiger partial charge in [0.15, 0.2) is 0 Å². The van der Waals surface area contributed by atoms with E-state index < -0.39 is 0 Å². The van der Waals surface area contributed by atoms with Crippen LogP contribution in [0, 0.1) is 0 Å². The van der Waals surface area contributed by atoms with Crippen molar-refractivity contribution in [2.75, 3.05) is 12.5 Å². The number of rotatable bonds is 3. The van der Waals surface area contributed by atoms with Gasteiger partial charge in [-0.1, -0.05) is 13.1 Å². The molecular weight excluding hydrogens is 152 g/mol. The molecule has 0 radical (unpaired) electrons. The zero-order chi connectivity index (χ0) is 6.57. The third kappa shape index (κ3) is 3.05. The van der Waals surface area contributed by atoms with Gasteiger partial charge in [0.2, 0.25) is 0 Å². The van der Waals surface area contributed by atoms with Crippen molar-refractivity contribution in [2.24, 2.45) is 0 Å². The van der Waals surface area contributed by atoms with E-state index in [2.05, 4.69) is 25.6 Å². The van der Waals surface area contributed by atoms with Crippen molar-refractivity contribution < 1.29 is 0 Å². The van der Waals surface area contributed by atoms with Gasteiger partial charge in [0.05, 0.1) is 8.80 Å². The van der Waals surface area contributed by atoms with Crippen LogP contribution in [0.4, 0.5) is 0 Å². The molecule has 0 aromatic rings. The van der Waals surface area contributed by atoms with Crippen molar-refractivity contribution in [3.8, 4) is 0 Å². The third-order valence-electron chi connectivity index (χ3n) is 1.01. The summed E-state index contributed by atoms with van der Waals surface area (Å²) in [7, 11) is -0.360. The summed E-state index contributed by atoms with van der Waals surface area (Å²) in [6, 6.07) is 0. The second-order valence-electron chi connectivity index (χ2n) is 2.08. The van der Waals surface area contributed by atoms with E-state index in [1.807, 2.05) is 23.5 Å². The minimum atomic E-state index is -0.360. The highest BCUT2D eigenvalue weighted by atomic mass is 32.2. The van der Waals surface area contributed by atoms with Crippen LogP contribution in [0.25, 0.3) is 0 Å². The molecule has 0 aliphatic rings. The molecule has 0 aromatic carbocycles. The minimum absolute atomic E-state index is 0.360. The Bertz CT molecular complexity index is 52.4. The number of thioether (sulfide) groups is 2. The van der Waals surface area contributed by atoms with Crippen LogP contribution in [-0.2, 0) is 0 Å². The molecule has 0 fully saturated rings. The Morgan fingerprint density at radius 1 is 1.12 bits per heavy atom. The summed E-state index contributed by atoms with van der Waals surface area (Å²) < 4.78 is 0.926. The van der Waals surface area contributed by atoms with Crippen LogP contribution in [0.15, 0.2) is 0 Å². The molecule has 0 N–H and O–H groups in total. The molecule has 50 valence electrons. The normalized spacial score (nSPS) is 11.2. The van der Waals surface area contributed by atoms with Crippen LogP contribution < -0.4 is 0 Å². The average Bonchev–Trinajstić information content (AvgIpc) is 1.69. The fraction of sp³-hybridized carbons (Fsp3) is 1.00. The summed E-state index contributed by atoms with van der Waals surface area (Å²) in [5, 5.41) is 0. The van der Waals surface area contributed by atoms with Crippen molar-refractivity contribution in [2.45, 2.75) is 17.3 Å². The van der Waals surface area contributed by atoms with Crippen molar-refractivity contribution in [1.29, 1.82) is 0 Å². The van der Waals surface area contributed by atoms with Gasteiger partial charge in [-0.2, -0.15) is 23.5 Å². The topological polar surface area (TPSA) is 0 Å². The van der Waals surface area contributed by atoms with Gasteiger partial charge in [0, 0.05) is 4.21 Å². The predicted molar refractivity (Wildman–Crippen MR) is 49.7 cm³/mol. The van der Waals surface area contributed by atoms with Crippen LogP contribution in [0.1, 0.15) is 0 Å². The standard InChI is InChI=1S/C5H14S2Si/c1-6-5(7-2)8(3)4/h5,8H,1-4H3. The molecule has 8 heavy (non-hydrogen) atoms. The Morgan fingerprint density at radius 3 is 1.50 bits per heavy atom. The molecule has 0 spiro atoms. The van der Waals surface area contributed by atoms with Gasteiger partial charge in [0.25, 0.3) is 0 Å². The van der Waals surface area contributed by atoms with Crippen molar-refractivity contribution in [3.63, 3.8) is 0 Å². The first-order chi connectivity index (χ1) is 3.72. The number of hydrogen-bond donors (Lipinski definition) is 0. The maximum Gasteiger partial charge on any atom is 0.0583 e.